The SMILES string of the molecule is Cc1nc(Nc2cccc(Cl)c2C)cc(C(=O)Nc2ccccc2C)n1. The van der Waals surface area contributed by atoms with Crippen molar-refractivity contribution >= 4 is 34.7 Å². The molecule has 0 bridgehead atoms. The molecule has 6 heteroatoms. The average molecular weight is 367 g/mol. The highest BCUT2D eigenvalue weighted by Crippen LogP contribution is 2.25. The van der Waals surface area contributed by atoms with Crippen LogP contribution in [-0.2, 0) is 0 Å². The van der Waals surface area contributed by atoms with Crippen molar-refractivity contribution in [3.63, 3.8) is 0 Å². The Bertz CT molecular complexity index is 972. The summed E-state index contributed by atoms with van der Waals surface area (Å²) in [7, 11) is 0. The zero-order valence-electron chi connectivity index (χ0n) is 14.8. The van der Waals surface area contributed by atoms with E-state index in [-0.39, 0.29) is 5.91 Å². The number of halogens is 1. The summed E-state index contributed by atoms with van der Waals surface area (Å²) in [4.78, 5) is 21.2. The molecule has 0 spiro atoms. The van der Waals surface area contributed by atoms with Crippen LogP contribution in [0.25, 0.3) is 0 Å². The molecule has 5 nitrogen and oxygen atoms in total. The molecular weight excluding hydrogens is 348 g/mol. The zero-order valence-corrected chi connectivity index (χ0v) is 15.6. The number of anilines is 3. The summed E-state index contributed by atoms with van der Waals surface area (Å²) in [5, 5.41) is 6.76. The normalized spacial score (nSPS) is 10.5. The first-order chi connectivity index (χ1) is 12.4. The molecule has 0 aliphatic heterocycles. The van der Waals surface area contributed by atoms with Crippen LogP contribution in [0.5, 0.6) is 0 Å². The Labute approximate surface area is 157 Å². The maximum Gasteiger partial charge on any atom is 0.274 e. The summed E-state index contributed by atoms with van der Waals surface area (Å²) in [6.07, 6.45) is 0. The number of hydrogen-bond acceptors (Lipinski definition) is 4. The first-order valence-corrected chi connectivity index (χ1v) is 8.56. The Morgan fingerprint density at radius 3 is 2.46 bits per heavy atom. The van der Waals surface area contributed by atoms with Crippen LogP contribution in [0.4, 0.5) is 17.2 Å². The highest BCUT2D eigenvalue weighted by atomic mass is 35.5. The third-order valence-electron chi connectivity index (χ3n) is 3.99. The lowest BCUT2D eigenvalue weighted by Crippen LogP contribution is -2.16. The minimum atomic E-state index is -0.282. The van der Waals surface area contributed by atoms with Crippen LogP contribution >= 0.6 is 11.6 Å². The minimum Gasteiger partial charge on any atom is -0.340 e. The second kappa shape index (κ2) is 7.54. The number of amides is 1. The van der Waals surface area contributed by atoms with Gasteiger partial charge in [0.15, 0.2) is 0 Å². The number of hydrogen-bond donors (Lipinski definition) is 2. The van der Waals surface area contributed by atoms with Crippen molar-refractivity contribution in [1.82, 2.24) is 9.97 Å². The summed E-state index contributed by atoms with van der Waals surface area (Å²) in [6.45, 7) is 5.61. The number of benzene rings is 2. The van der Waals surface area contributed by atoms with E-state index in [1.54, 1.807) is 13.0 Å². The third-order valence-corrected chi connectivity index (χ3v) is 4.40. The Morgan fingerprint density at radius 2 is 1.69 bits per heavy atom. The van der Waals surface area contributed by atoms with Gasteiger partial charge in [-0.2, -0.15) is 0 Å². The summed E-state index contributed by atoms with van der Waals surface area (Å²) >= 11 is 6.16. The van der Waals surface area contributed by atoms with Gasteiger partial charge in [-0.1, -0.05) is 35.9 Å². The van der Waals surface area contributed by atoms with E-state index in [1.165, 1.54) is 0 Å². The predicted molar refractivity (Wildman–Crippen MR) is 105 cm³/mol. The van der Waals surface area contributed by atoms with E-state index in [9.17, 15) is 4.79 Å². The third kappa shape index (κ3) is 4.00. The number of para-hydroxylation sites is 1. The highest BCUT2D eigenvalue weighted by Gasteiger charge is 2.13. The Morgan fingerprint density at radius 1 is 0.962 bits per heavy atom. The minimum absolute atomic E-state index is 0.282. The molecule has 2 N–H and O–H groups in total. The van der Waals surface area contributed by atoms with Gasteiger partial charge >= 0.3 is 0 Å². The summed E-state index contributed by atoms with van der Waals surface area (Å²) in [5.74, 6) is 0.762. The molecule has 1 aromatic heterocycles. The molecule has 1 heterocycles. The maximum absolute atomic E-state index is 12.6. The van der Waals surface area contributed by atoms with Crippen molar-refractivity contribution in [2.45, 2.75) is 20.8 Å². The fraction of sp³-hybridized carbons (Fsp3) is 0.150. The Balaban J connectivity index is 1.86. The second-order valence-corrected chi connectivity index (χ2v) is 6.40. The molecule has 0 unspecified atom stereocenters. The van der Waals surface area contributed by atoms with Gasteiger partial charge in [-0.3, -0.25) is 4.79 Å². The van der Waals surface area contributed by atoms with E-state index in [0.717, 1.165) is 22.5 Å². The number of aryl methyl sites for hydroxylation is 2. The second-order valence-electron chi connectivity index (χ2n) is 5.99. The largest absolute Gasteiger partial charge is 0.340 e. The summed E-state index contributed by atoms with van der Waals surface area (Å²) in [6, 6.07) is 14.8. The van der Waals surface area contributed by atoms with Crippen LogP contribution in [0.1, 0.15) is 27.4 Å². The fourth-order valence-corrected chi connectivity index (χ4v) is 2.70. The Hall–Kier alpha value is -2.92. The lowest BCUT2D eigenvalue weighted by atomic mass is 10.2. The van der Waals surface area contributed by atoms with Gasteiger partial charge in [0.2, 0.25) is 0 Å². The molecule has 0 saturated carbocycles. The summed E-state index contributed by atoms with van der Waals surface area (Å²) in [5.41, 5.74) is 3.79. The molecule has 0 atom stereocenters. The van der Waals surface area contributed by atoms with Crippen LogP contribution in [0, 0.1) is 20.8 Å². The maximum atomic E-state index is 12.6. The average Bonchev–Trinajstić information content (AvgIpc) is 2.60. The topological polar surface area (TPSA) is 66.9 Å². The molecule has 1 amide bonds. The van der Waals surface area contributed by atoms with E-state index in [1.807, 2.05) is 56.3 Å². The summed E-state index contributed by atoms with van der Waals surface area (Å²) < 4.78 is 0. The number of aromatic nitrogens is 2. The van der Waals surface area contributed by atoms with Crippen LogP contribution in [0.2, 0.25) is 5.02 Å². The van der Waals surface area contributed by atoms with Gasteiger partial charge in [-0.15, -0.1) is 0 Å². The quantitative estimate of drug-likeness (QED) is 0.678. The molecular formula is C20H19ClN4O. The van der Waals surface area contributed by atoms with Gasteiger partial charge in [0.1, 0.15) is 17.3 Å². The first kappa shape index (κ1) is 17.9. The number of nitrogens with zero attached hydrogens (tertiary/aromatic N) is 2. The highest BCUT2D eigenvalue weighted by molar-refractivity contribution is 6.31. The molecule has 0 saturated heterocycles. The van der Waals surface area contributed by atoms with E-state index >= 15 is 0 Å². The van der Waals surface area contributed by atoms with Crippen molar-refractivity contribution in [2.24, 2.45) is 0 Å². The van der Waals surface area contributed by atoms with E-state index in [0.29, 0.717) is 22.4 Å². The van der Waals surface area contributed by atoms with Crippen LogP contribution in [0.15, 0.2) is 48.5 Å². The number of carbonyl (C=O) groups is 1. The fourth-order valence-electron chi connectivity index (χ4n) is 2.53. The monoisotopic (exact) mass is 366 g/mol. The predicted octanol–water partition coefficient (Wildman–Crippen LogP) is 5.05. The molecule has 3 rings (SSSR count). The van der Waals surface area contributed by atoms with Gasteiger partial charge in [-0.05, 0) is 50.1 Å². The first-order valence-electron chi connectivity index (χ1n) is 8.19. The lowest BCUT2D eigenvalue weighted by molar-refractivity contribution is 0.102. The standard InChI is InChI=1S/C20H19ClN4O/c1-12-7-4-5-9-16(12)25-20(26)18-11-19(23-14(3)22-18)24-17-10-6-8-15(21)13(17)2/h4-11H,1-3H3,(H,25,26)(H,22,23,24). The van der Waals surface area contributed by atoms with Gasteiger partial charge in [0.05, 0.1) is 0 Å². The smallest absolute Gasteiger partial charge is 0.274 e. The van der Waals surface area contributed by atoms with Crippen LogP contribution in [0.3, 0.4) is 0 Å². The molecule has 0 aliphatic rings. The van der Waals surface area contributed by atoms with E-state index < -0.39 is 0 Å². The number of nitrogens with one attached hydrogen (secondary N) is 2. The molecule has 3 aromatic rings. The van der Waals surface area contributed by atoms with Crippen LogP contribution < -0.4 is 10.6 Å². The molecule has 0 radical (unpaired) electrons. The van der Waals surface area contributed by atoms with E-state index in [4.69, 9.17) is 11.6 Å². The lowest BCUT2D eigenvalue weighted by Gasteiger charge is -2.12. The van der Waals surface area contributed by atoms with E-state index in [2.05, 4.69) is 20.6 Å². The van der Waals surface area contributed by atoms with Crippen molar-refractivity contribution < 1.29 is 4.79 Å². The van der Waals surface area contributed by atoms with Gasteiger partial charge in [-0.25, -0.2) is 9.97 Å². The molecule has 2 aromatic carbocycles. The molecule has 0 aliphatic carbocycles. The zero-order chi connectivity index (χ0) is 18.7. The van der Waals surface area contributed by atoms with Crippen molar-refractivity contribution in [3.05, 3.63) is 76.2 Å². The Kier molecular flexibility index (Phi) is 5.19. The molecule has 132 valence electrons. The van der Waals surface area contributed by atoms with Crippen LogP contribution in [-0.4, -0.2) is 15.9 Å². The van der Waals surface area contributed by atoms with Crippen molar-refractivity contribution in [3.8, 4) is 0 Å². The molecule has 0 fully saturated rings. The van der Waals surface area contributed by atoms with Gasteiger partial charge < -0.3 is 10.6 Å². The molecule has 26 heavy (non-hydrogen) atoms. The van der Waals surface area contributed by atoms with Gasteiger partial charge in [0, 0.05) is 22.5 Å². The number of rotatable bonds is 4. The number of carbonyl (C=O) groups excluding carboxylic acids is 1. The van der Waals surface area contributed by atoms with Gasteiger partial charge in [0.25, 0.3) is 5.91 Å². The van der Waals surface area contributed by atoms with Crippen molar-refractivity contribution in [1.29, 1.82) is 0 Å². The van der Waals surface area contributed by atoms with Crippen molar-refractivity contribution in [2.75, 3.05) is 10.6 Å².